The van der Waals surface area contributed by atoms with Crippen molar-refractivity contribution in [2.75, 3.05) is 0 Å². The molecule has 1 aromatic carbocycles. The summed E-state index contributed by atoms with van der Waals surface area (Å²) in [6, 6.07) is 8.10. The summed E-state index contributed by atoms with van der Waals surface area (Å²) in [5, 5.41) is 26.6. The number of carboxylic acids is 1. The van der Waals surface area contributed by atoms with Gasteiger partial charge in [0.2, 0.25) is 0 Å². The van der Waals surface area contributed by atoms with Gasteiger partial charge in [0, 0.05) is 5.56 Å². The first-order chi connectivity index (χ1) is 6.65. The number of benzene rings is 1. The maximum atomic E-state index is 10.4. The van der Waals surface area contributed by atoms with E-state index in [1.807, 2.05) is 6.07 Å². The summed E-state index contributed by atoms with van der Waals surface area (Å²) in [7, 11) is 0. The minimum Gasteiger partial charge on any atom is -0.508 e. The number of nitriles is 1. The zero-order valence-electron chi connectivity index (χ0n) is 7.34. The summed E-state index contributed by atoms with van der Waals surface area (Å²) >= 11 is 0. The molecule has 2 N–H and O–H groups in total. The van der Waals surface area contributed by atoms with Crippen LogP contribution in [0.3, 0.4) is 0 Å². The number of hydrogen-bond donors (Lipinski definition) is 2. The molecule has 4 heteroatoms. The lowest BCUT2D eigenvalue weighted by Gasteiger charge is -2.07. The fraction of sp³-hybridized carbons (Fsp3) is 0.200. The Kier molecular flexibility index (Phi) is 3.08. The van der Waals surface area contributed by atoms with E-state index in [1.54, 1.807) is 18.2 Å². The summed E-state index contributed by atoms with van der Waals surface area (Å²) in [5.74, 6) is -1.89. The molecule has 0 aliphatic rings. The number of phenols is 1. The lowest BCUT2D eigenvalue weighted by Crippen LogP contribution is -2.04. The van der Waals surface area contributed by atoms with Crippen LogP contribution < -0.4 is 0 Å². The molecule has 72 valence electrons. The van der Waals surface area contributed by atoms with Crippen LogP contribution in [0.5, 0.6) is 5.75 Å². The molecule has 0 saturated carbocycles. The van der Waals surface area contributed by atoms with Crippen LogP contribution in [0.15, 0.2) is 24.3 Å². The standard InChI is InChI=1S/C10H9NO3/c11-6-7(5-10(13)14)8-3-1-2-4-9(8)12/h1-4,7,12H,5H2,(H,13,14). The third-order valence-electron chi connectivity index (χ3n) is 1.85. The van der Waals surface area contributed by atoms with Crippen molar-refractivity contribution in [1.29, 1.82) is 5.26 Å². The van der Waals surface area contributed by atoms with Gasteiger partial charge in [-0.25, -0.2) is 0 Å². The molecule has 0 heterocycles. The molecule has 0 aliphatic carbocycles. The number of aromatic hydroxyl groups is 1. The SMILES string of the molecule is N#CC(CC(=O)O)c1ccccc1O. The van der Waals surface area contributed by atoms with E-state index >= 15 is 0 Å². The Bertz CT molecular complexity index is 381. The van der Waals surface area contributed by atoms with E-state index in [1.165, 1.54) is 6.07 Å². The Morgan fingerprint density at radius 1 is 1.50 bits per heavy atom. The van der Waals surface area contributed by atoms with Crippen molar-refractivity contribution < 1.29 is 15.0 Å². The number of nitrogens with zero attached hydrogens (tertiary/aromatic N) is 1. The normalized spacial score (nSPS) is 11.6. The summed E-state index contributed by atoms with van der Waals surface area (Å²) in [6.45, 7) is 0. The van der Waals surface area contributed by atoms with Crippen molar-refractivity contribution in [3.63, 3.8) is 0 Å². The highest BCUT2D eigenvalue weighted by atomic mass is 16.4. The zero-order valence-corrected chi connectivity index (χ0v) is 7.34. The van der Waals surface area contributed by atoms with Crippen molar-refractivity contribution >= 4 is 5.97 Å². The molecule has 0 amide bonds. The van der Waals surface area contributed by atoms with E-state index in [0.717, 1.165) is 0 Å². The number of carbonyl (C=O) groups is 1. The molecule has 0 aromatic heterocycles. The lowest BCUT2D eigenvalue weighted by atomic mass is 9.96. The molecule has 0 bridgehead atoms. The van der Waals surface area contributed by atoms with Gasteiger partial charge in [0.25, 0.3) is 0 Å². The lowest BCUT2D eigenvalue weighted by molar-refractivity contribution is -0.137. The average Bonchev–Trinajstić information content (AvgIpc) is 2.15. The average molecular weight is 191 g/mol. The van der Waals surface area contributed by atoms with Crippen LogP contribution in [0.4, 0.5) is 0 Å². The molecule has 0 spiro atoms. The van der Waals surface area contributed by atoms with Crippen LogP contribution in [0, 0.1) is 11.3 Å². The molecule has 14 heavy (non-hydrogen) atoms. The summed E-state index contributed by atoms with van der Waals surface area (Å²) in [5.41, 5.74) is 0.359. The Balaban J connectivity index is 2.96. The third kappa shape index (κ3) is 2.23. The van der Waals surface area contributed by atoms with Crippen LogP contribution in [0.1, 0.15) is 17.9 Å². The second-order valence-corrected chi connectivity index (χ2v) is 2.84. The van der Waals surface area contributed by atoms with E-state index in [-0.39, 0.29) is 12.2 Å². The maximum Gasteiger partial charge on any atom is 0.305 e. The molecule has 1 unspecified atom stereocenters. The van der Waals surface area contributed by atoms with Gasteiger partial charge in [-0.05, 0) is 6.07 Å². The predicted octanol–water partition coefficient (Wildman–Crippen LogP) is 1.47. The van der Waals surface area contributed by atoms with Crippen molar-refractivity contribution in [3.8, 4) is 11.8 Å². The van der Waals surface area contributed by atoms with E-state index in [4.69, 9.17) is 10.4 Å². The smallest absolute Gasteiger partial charge is 0.305 e. The number of phenolic OH excluding ortho intramolecular Hbond substituents is 1. The zero-order chi connectivity index (χ0) is 10.6. The van der Waals surface area contributed by atoms with E-state index < -0.39 is 11.9 Å². The highest BCUT2D eigenvalue weighted by Gasteiger charge is 2.17. The molecule has 1 atom stereocenters. The van der Waals surface area contributed by atoms with Crippen LogP contribution >= 0.6 is 0 Å². The van der Waals surface area contributed by atoms with Gasteiger partial charge < -0.3 is 10.2 Å². The molecule has 1 rings (SSSR count). The molecular formula is C10H9NO3. The second-order valence-electron chi connectivity index (χ2n) is 2.84. The second kappa shape index (κ2) is 4.28. The van der Waals surface area contributed by atoms with E-state index in [2.05, 4.69) is 0 Å². The predicted molar refractivity (Wildman–Crippen MR) is 48.7 cm³/mol. The van der Waals surface area contributed by atoms with Gasteiger partial charge in [0.05, 0.1) is 18.4 Å². The first-order valence-electron chi connectivity index (χ1n) is 4.04. The number of aliphatic carboxylic acids is 1. The Hall–Kier alpha value is -2.02. The third-order valence-corrected chi connectivity index (χ3v) is 1.85. The molecular weight excluding hydrogens is 182 g/mol. The van der Waals surface area contributed by atoms with Crippen LogP contribution in [-0.4, -0.2) is 16.2 Å². The largest absolute Gasteiger partial charge is 0.508 e. The quantitative estimate of drug-likeness (QED) is 0.758. The van der Waals surface area contributed by atoms with Gasteiger partial charge in [-0.3, -0.25) is 4.79 Å². The summed E-state index contributed by atoms with van der Waals surface area (Å²) in [6.07, 6.45) is -0.298. The fourth-order valence-electron chi connectivity index (χ4n) is 1.18. The first kappa shape index (κ1) is 10.1. The summed E-state index contributed by atoms with van der Waals surface area (Å²) in [4.78, 5) is 10.4. The minimum absolute atomic E-state index is 0.0414. The van der Waals surface area contributed by atoms with Crippen molar-refractivity contribution in [3.05, 3.63) is 29.8 Å². The highest BCUT2D eigenvalue weighted by molar-refractivity contribution is 5.69. The van der Waals surface area contributed by atoms with Gasteiger partial charge in [-0.1, -0.05) is 18.2 Å². The summed E-state index contributed by atoms with van der Waals surface area (Å²) < 4.78 is 0. The van der Waals surface area contributed by atoms with Crippen LogP contribution in [-0.2, 0) is 4.79 Å². The molecule has 0 fully saturated rings. The van der Waals surface area contributed by atoms with Crippen molar-refractivity contribution in [1.82, 2.24) is 0 Å². The first-order valence-corrected chi connectivity index (χ1v) is 4.04. The molecule has 0 saturated heterocycles. The van der Waals surface area contributed by atoms with Crippen LogP contribution in [0.25, 0.3) is 0 Å². The highest BCUT2D eigenvalue weighted by Crippen LogP contribution is 2.27. The van der Waals surface area contributed by atoms with Crippen molar-refractivity contribution in [2.45, 2.75) is 12.3 Å². The monoisotopic (exact) mass is 191 g/mol. The molecule has 4 nitrogen and oxygen atoms in total. The van der Waals surface area contributed by atoms with Gasteiger partial charge in [-0.2, -0.15) is 5.26 Å². The number of para-hydroxylation sites is 1. The number of rotatable bonds is 3. The number of hydrogen-bond acceptors (Lipinski definition) is 3. The topological polar surface area (TPSA) is 81.3 Å². The van der Waals surface area contributed by atoms with Gasteiger partial charge in [0.15, 0.2) is 0 Å². The minimum atomic E-state index is -1.06. The van der Waals surface area contributed by atoms with Gasteiger partial charge >= 0.3 is 5.97 Å². The van der Waals surface area contributed by atoms with E-state index in [0.29, 0.717) is 5.56 Å². The Morgan fingerprint density at radius 3 is 2.64 bits per heavy atom. The fourth-order valence-corrected chi connectivity index (χ4v) is 1.18. The number of carboxylic acid groups (broad SMARTS) is 1. The Morgan fingerprint density at radius 2 is 2.14 bits per heavy atom. The molecule has 0 aliphatic heterocycles. The maximum absolute atomic E-state index is 10.4. The molecule has 0 radical (unpaired) electrons. The van der Waals surface area contributed by atoms with E-state index in [9.17, 15) is 9.90 Å². The van der Waals surface area contributed by atoms with Gasteiger partial charge in [0.1, 0.15) is 5.75 Å². The van der Waals surface area contributed by atoms with Crippen molar-refractivity contribution in [2.24, 2.45) is 0 Å². The van der Waals surface area contributed by atoms with Crippen LogP contribution in [0.2, 0.25) is 0 Å². The van der Waals surface area contributed by atoms with Gasteiger partial charge in [-0.15, -0.1) is 0 Å². The molecule has 1 aromatic rings. The Labute approximate surface area is 81.0 Å².